The van der Waals surface area contributed by atoms with Crippen molar-refractivity contribution in [1.82, 2.24) is 4.98 Å². The van der Waals surface area contributed by atoms with Crippen molar-refractivity contribution in [3.05, 3.63) is 41.9 Å². The van der Waals surface area contributed by atoms with Crippen LogP contribution in [0.3, 0.4) is 0 Å². The van der Waals surface area contributed by atoms with Crippen molar-refractivity contribution in [3.8, 4) is 0 Å². The first-order valence-electron chi connectivity index (χ1n) is 3.52. The van der Waals surface area contributed by atoms with E-state index in [1.807, 2.05) is 20.8 Å². The Balaban J connectivity index is 3.46. The van der Waals surface area contributed by atoms with Crippen LogP contribution in [0.25, 0.3) is 0 Å². The lowest BCUT2D eigenvalue weighted by atomic mass is 10.0. The minimum absolute atomic E-state index is 0.702. The molecule has 0 N–H and O–H groups in total. The number of pyridine rings is 1. The van der Waals surface area contributed by atoms with E-state index in [4.69, 9.17) is 13.8 Å². The summed E-state index contributed by atoms with van der Waals surface area (Å²) in [5.41, 5.74) is 4.06. The lowest BCUT2D eigenvalue weighted by molar-refractivity contribution is 1.07. The third-order valence-electron chi connectivity index (χ3n) is 1.92. The van der Waals surface area contributed by atoms with Crippen LogP contribution < -0.4 is 0 Å². The maximum atomic E-state index is 5.71. The molecule has 1 aromatic heterocycles. The van der Waals surface area contributed by atoms with Crippen LogP contribution in [0.5, 0.6) is 0 Å². The van der Waals surface area contributed by atoms with Crippen molar-refractivity contribution in [1.29, 1.82) is 0 Å². The zero-order chi connectivity index (χ0) is 8.59. The maximum absolute atomic E-state index is 5.71. The van der Waals surface area contributed by atoms with Crippen LogP contribution in [0.1, 0.15) is 28.1 Å². The number of aromatic nitrogens is 1. The standard InChI is InChI=1S/C10H11N/c1-6-7(2)9(4)11-10(5)8(6)3/h2-3H,1,4-5H3. The number of hydrogen-bond acceptors (Lipinski definition) is 1. The van der Waals surface area contributed by atoms with E-state index in [1.165, 1.54) is 0 Å². The van der Waals surface area contributed by atoms with Gasteiger partial charge in [-0.3, -0.25) is 4.98 Å². The molecule has 0 bridgehead atoms. The van der Waals surface area contributed by atoms with Gasteiger partial charge in [0.05, 0.1) is 0 Å². The molecule has 0 spiro atoms. The lowest BCUT2D eigenvalue weighted by Crippen LogP contribution is -1.98. The van der Waals surface area contributed by atoms with Gasteiger partial charge >= 0.3 is 0 Å². The molecule has 0 aliphatic carbocycles. The zero-order valence-electron chi connectivity index (χ0n) is 7.10. The van der Waals surface area contributed by atoms with Gasteiger partial charge in [-0.2, -0.15) is 0 Å². The largest absolute Gasteiger partial charge is 0.258 e. The Morgan fingerprint density at radius 3 is 1.64 bits per heavy atom. The summed E-state index contributed by atoms with van der Waals surface area (Å²) >= 11 is 0. The highest BCUT2D eigenvalue weighted by atomic mass is 14.7. The summed E-state index contributed by atoms with van der Waals surface area (Å²) in [6, 6.07) is 0. The van der Waals surface area contributed by atoms with Gasteiger partial charge in [-0.25, -0.2) is 0 Å². The summed E-state index contributed by atoms with van der Waals surface area (Å²) in [4.78, 5) is 4.18. The fourth-order valence-corrected chi connectivity index (χ4v) is 1.06. The van der Waals surface area contributed by atoms with Gasteiger partial charge in [-0.05, 0) is 37.5 Å². The topological polar surface area (TPSA) is 12.9 Å². The Labute approximate surface area is 68.5 Å². The van der Waals surface area contributed by atoms with Gasteiger partial charge in [0.2, 0.25) is 0 Å². The summed E-state index contributed by atoms with van der Waals surface area (Å²) in [5.74, 6) is 0. The molecule has 1 rings (SSSR count). The van der Waals surface area contributed by atoms with Gasteiger partial charge in [-0.1, -0.05) is 0 Å². The second-order valence-electron chi connectivity index (χ2n) is 2.73. The van der Waals surface area contributed by atoms with E-state index in [1.54, 1.807) is 0 Å². The van der Waals surface area contributed by atoms with Gasteiger partial charge in [0, 0.05) is 25.2 Å². The Morgan fingerprint density at radius 2 is 1.27 bits per heavy atom. The van der Waals surface area contributed by atoms with Crippen LogP contribution in [0.15, 0.2) is 0 Å². The van der Waals surface area contributed by atoms with Crippen LogP contribution in [-0.4, -0.2) is 4.98 Å². The normalized spacial score (nSPS) is 10.3. The first-order valence-corrected chi connectivity index (χ1v) is 3.52. The van der Waals surface area contributed by atoms with Crippen LogP contribution in [0, 0.1) is 34.6 Å². The van der Waals surface area contributed by atoms with Crippen molar-refractivity contribution in [2.45, 2.75) is 20.8 Å². The molecule has 1 heteroatoms. The molecule has 0 aliphatic heterocycles. The van der Waals surface area contributed by atoms with Crippen molar-refractivity contribution in [2.75, 3.05) is 0 Å². The fourth-order valence-electron chi connectivity index (χ4n) is 1.06. The molecule has 1 nitrogen and oxygen atoms in total. The zero-order valence-corrected chi connectivity index (χ0v) is 7.10. The summed E-state index contributed by atoms with van der Waals surface area (Å²) < 4.78 is 0. The minimum atomic E-state index is 0.702. The third-order valence-corrected chi connectivity index (χ3v) is 1.92. The smallest absolute Gasteiger partial charge is 0.0413 e. The van der Waals surface area contributed by atoms with Crippen molar-refractivity contribution >= 4 is 0 Å². The Morgan fingerprint density at radius 1 is 0.909 bits per heavy atom. The van der Waals surface area contributed by atoms with Crippen molar-refractivity contribution < 1.29 is 0 Å². The van der Waals surface area contributed by atoms with E-state index in [0.29, 0.717) is 11.1 Å². The monoisotopic (exact) mass is 145 g/mol. The molecule has 11 heavy (non-hydrogen) atoms. The molecule has 0 unspecified atom stereocenters. The Bertz CT molecular complexity index is 261. The molecule has 1 heterocycles. The molecule has 0 saturated heterocycles. The SMILES string of the molecule is [CH]c1c(C)nc(C)c([CH])c1C. The number of aryl methyl sites for hydroxylation is 2. The second kappa shape index (κ2) is 2.65. The van der Waals surface area contributed by atoms with Gasteiger partial charge < -0.3 is 0 Å². The Hall–Kier alpha value is -0.850. The molecular formula is C10H11N. The first kappa shape index (κ1) is 8.25. The van der Waals surface area contributed by atoms with Gasteiger partial charge in [-0.15, -0.1) is 0 Å². The minimum Gasteiger partial charge on any atom is -0.258 e. The molecule has 0 aliphatic rings. The average molecular weight is 145 g/mol. The van der Waals surface area contributed by atoms with Crippen LogP contribution in [-0.2, 0) is 0 Å². The highest BCUT2D eigenvalue weighted by Gasteiger charge is 2.04. The quantitative estimate of drug-likeness (QED) is 0.545. The average Bonchev–Trinajstić information content (AvgIpc) is 1.97. The molecule has 1 aromatic rings. The molecule has 0 atom stereocenters. The number of rotatable bonds is 0. The van der Waals surface area contributed by atoms with Crippen LogP contribution in [0.2, 0.25) is 0 Å². The van der Waals surface area contributed by atoms with E-state index in [2.05, 4.69) is 4.98 Å². The van der Waals surface area contributed by atoms with Gasteiger partial charge in [0.1, 0.15) is 0 Å². The van der Waals surface area contributed by atoms with Crippen LogP contribution in [0.4, 0.5) is 0 Å². The predicted octanol–water partition coefficient (Wildman–Crippen LogP) is 2.13. The fraction of sp³-hybridized carbons (Fsp3) is 0.300. The summed E-state index contributed by atoms with van der Waals surface area (Å²) in [5, 5.41) is 0. The van der Waals surface area contributed by atoms with E-state index >= 15 is 0 Å². The molecule has 0 aromatic carbocycles. The van der Waals surface area contributed by atoms with E-state index in [9.17, 15) is 0 Å². The molecule has 0 fully saturated rings. The second-order valence-corrected chi connectivity index (χ2v) is 2.73. The van der Waals surface area contributed by atoms with E-state index in [0.717, 1.165) is 17.0 Å². The van der Waals surface area contributed by atoms with E-state index in [-0.39, 0.29) is 0 Å². The molecular weight excluding hydrogens is 134 g/mol. The molecule has 56 valence electrons. The lowest BCUT2D eigenvalue weighted by Gasteiger charge is -2.08. The van der Waals surface area contributed by atoms with Crippen molar-refractivity contribution in [2.24, 2.45) is 0 Å². The van der Waals surface area contributed by atoms with E-state index < -0.39 is 0 Å². The van der Waals surface area contributed by atoms with Crippen molar-refractivity contribution in [3.63, 3.8) is 0 Å². The summed E-state index contributed by atoms with van der Waals surface area (Å²) in [6.07, 6.45) is 0. The highest BCUT2D eigenvalue weighted by Crippen LogP contribution is 2.16. The molecule has 4 radical (unpaired) electrons. The Kier molecular flexibility index (Phi) is 1.99. The number of nitrogens with zero attached hydrogens (tertiary/aromatic N) is 1. The summed E-state index contributed by atoms with van der Waals surface area (Å²) in [7, 11) is 0. The highest BCUT2D eigenvalue weighted by molar-refractivity contribution is 5.41. The first-order chi connectivity index (χ1) is 5.04. The predicted molar refractivity (Wildman–Crippen MR) is 45.3 cm³/mol. The molecule has 0 saturated carbocycles. The third kappa shape index (κ3) is 1.28. The maximum Gasteiger partial charge on any atom is 0.0413 e. The molecule has 0 amide bonds. The summed E-state index contributed by atoms with van der Waals surface area (Å²) in [6.45, 7) is 17.1. The van der Waals surface area contributed by atoms with Crippen LogP contribution >= 0.6 is 0 Å². The van der Waals surface area contributed by atoms with Gasteiger partial charge in [0.25, 0.3) is 0 Å². The number of hydrogen-bond donors (Lipinski definition) is 0. The van der Waals surface area contributed by atoms with Gasteiger partial charge in [0.15, 0.2) is 0 Å².